The Bertz CT molecular complexity index is 239. The number of halogens is 3. The summed E-state index contributed by atoms with van der Waals surface area (Å²) in [5, 5.41) is 2.78. The topological polar surface area (TPSA) is 25.2 Å². The first kappa shape index (κ1) is 9.48. The molecule has 0 aliphatic heterocycles. The first-order valence-electron chi connectivity index (χ1n) is 3.41. The molecule has 12 heavy (non-hydrogen) atoms. The maximum atomic E-state index is 11.6. The van der Waals surface area contributed by atoms with Crippen LogP contribution in [0.4, 0.5) is 8.78 Å². The van der Waals surface area contributed by atoms with Gasteiger partial charge >= 0.3 is 0 Å². The SMILES string of the molecule is FC(F)CNCc1ccoc1Cl. The second kappa shape index (κ2) is 4.42. The van der Waals surface area contributed by atoms with Gasteiger partial charge in [0.15, 0.2) is 5.22 Å². The van der Waals surface area contributed by atoms with E-state index >= 15 is 0 Å². The van der Waals surface area contributed by atoms with Crippen molar-refractivity contribution in [3.8, 4) is 0 Å². The number of nitrogens with one attached hydrogen (secondary N) is 1. The van der Waals surface area contributed by atoms with E-state index < -0.39 is 6.43 Å². The van der Waals surface area contributed by atoms with Crippen molar-refractivity contribution in [2.45, 2.75) is 13.0 Å². The van der Waals surface area contributed by atoms with Crippen LogP contribution in [0.2, 0.25) is 5.22 Å². The Balaban J connectivity index is 2.29. The quantitative estimate of drug-likeness (QED) is 0.798. The largest absolute Gasteiger partial charge is 0.453 e. The Kier molecular flexibility index (Phi) is 3.49. The molecule has 0 fully saturated rings. The van der Waals surface area contributed by atoms with E-state index in [-0.39, 0.29) is 11.8 Å². The molecule has 0 aliphatic rings. The lowest BCUT2D eigenvalue weighted by atomic mass is 10.3. The van der Waals surface area contributed by atoms with E-state index in [0.717, 1.165) is 0 Å². The van der Waals surface area contributed by atoms with E-state index in [2.05, 4.69) is 5.32 Å². The van der Waals surface area contributed by atoms with Crippen LogP contribution in [0, 0.1) is 0 Å². The number of hydrogen-bond acceptors (Lipinski definition) is 2. The molecule has 68 valence electrons. The second-order valence-electron chi connectivity index (χ2n) is 2.24. The minimum absolute atomic E-state index is 0.247. The zero-order valence-corrected chi connectivity index (χ0v) is 6.94. The number of furan rings is 1. The highest BCUT2D eigenvalue weighted by atomic mass is 35.5. The van der Waals surface area contributed by atoms with E-state index in [0.29, 0.717) is 12.1 Å². The first-order chi connectivity index (χ1) is 5.70. The van der Waals surface area contributed by atoms with Crippen molar-refractivity contribution < 1.29 is 13.2 Å². The predicted octanol–water partition coefficient (Wildman–Crippen LogP) is 2.29. The fraction of sp³-hybridized carbons (Fsp3) is 0.429. The first-order valence-corrected chi connectivity index (χ1v) is 3.78. The average Bonchev–Trinajstić information content (AvgIpc) is 2.36. The standard InChI is InChI=1S/C7H8ClF2NO/c8-7-5(1-2-12-7)3-11-4-6(9)10/h1-2,6,11H,3-4H2. The van der Waals surface area contributed by atoms with Crippen molar-refractivity contribution in [3.05, 3.63) is 23.1 Å². The third-order valence-electron chi connectivity index (χ3n) is 1.31. The molecule has 0 unspecified atom stereocenters. The van der Waals surface area contributed by atoms with E-state index in [1.54, 1.807) is 6.07 Å². The number of hydrogen-bond donors (Lipinski definition) is 1. The molecular formula is C7H8ClF2NO. The van der Waals surface area contributed by atoms with Gasteiger partial charge in [0.2, 0.25) is 0 Å². The van der Waals surface area contributed by atoms with Gasteiger partial charge in [-0.3, -0.25) is 0 Å². The molecule has 0 aromatic carbocycles. The molecule has 0 saturated carbocycles. The van der Waals surface area contributed by atoms with Gasteiger partial charge in [-0.15, -0.1) is 0 Å². The third kappa shape index (κ3) is 2.79. The highest BCUT2D eigenvalue weighted by molar-refractivity contribution is 6.29. The Labute approximate surface area is 73.5 Å². The van der Waals surface area contributed by atoms with E-state index in [9.17, 15) is 8.78 Å². The van der Waals surface area contributed by atoms with Crippen molar-refractivity contribution in [2.75, 3.05) is 6.54 Å². The highest BCUT2D eigenvalue weighted by Gasteiger charge is 2.04. The number of alkyl halides is 2. The van der Waals surface area contributed by atoms with Crippen LogP contribution in [0.3, 0.4) is 0 Å². The van der Waals surface area contributed by atoms with Gasteiger partial charge < -0.3 is 9.73 Å². The summed E-state index contributed by atoms with van der Waals surface area (Å²) < 4.78 is 28.1. The van der Waals surface area contributed by atoms with Crippen LogP contribution in [0.1, 0.15) is 5.56 Å². The fourth-order valence-electron chi connectivity index (χ4n) is 0.761. The Morgan fingerprint density at radius 1 is 1.58 bits per heavy atom. The Hall–Kier alpha value is -0.610. The molecule has 5 heteroatoms. The Morgan fingerprint density at radius 3 is 2.83 bits per heavy atom. The zero-order chi connectivity index (χ0) is 8.97. The summed E-state index contributed by atoms with van der Waals surface area (Å²) >= 11 is 5.56. The lowest BCUT2D eigenvalue weighted by Gasteiger charge is -2.00. The van der Waals surface area contributed by atoms with E-state index in [4.69, 9.17) is 16.0 Å². The summed E-state index contributed by atoms with van der Waals surface area (Å²) in [6, 6.07) is 1.64. The predicted molar refractivity (Wildman–Crippen MR) is 41.4 cm³/mol. The summed E-state index contributed by atoms with van der Waals surface area (Å²) in [6.07, 6.45) is -0.919. The van der Waals surface area contributed by atoms with Crippen LogP contribution in [0.25, 0.3) is 0 Å². The summed E-state index contributed by atoms with van der Waals surface area (Å²) in [6.45, 7) is -0.0266. The van der Waals surface area contributed by atoms with Gasteiger partial charge in [0.1, 0.15) is 0 Å². The maximum Gasteiger partial charge on any atom is 0.250 e. The number of rotatable bonds is 4. The Morgan fingerprint density at radius 2 is 2.33 bits per heavy atom. The van der Waals surface area contributed by atoms with Gasteiger partial charge in [0.05, 0.1) is 12.8 Å². The second-order valence-corrected chi connectivity index (χ2v) is 2.58. The minimum atomic E-state index is -2.34. The van der Waals surface area contributed by atoms with E-state index in [1.165, 1.54) is 6.26 Å². The summed E-state index contributed by atoms with van der Waals surface area (Å²) in [4.78, 5) is 0. The molecule has 0 amide bonds. The lowest BCUT2D eigenvalue weighted by Crippen LogP contribution is -2.20. The van der Waals surface area contributed by atoms with Gasteiger partial charge in [0.25, 0.3) is 6.43 Å². The van der Waals surface area contributed by atoms with Crippen LogP contribution < -0.4 is 5.32 Å². The third-order valence-corrected chi connectivity index (χ3v) is 1.64. The lowest BCUT2D eigenvalue weighted by molar-refractivity contribution is 0.145. The van der Waals surface area contributed by atoms with Gasteiger partial charge in [-0.2, -0.15) is 0 Å². The monoisotopic (exact) mass is 195 g/mol. The molecule has 2 nitrogen and oxygen atoms in total. The fourth-order valence-corrected chi connectivity index (χ4v) is 0.943. The van der Waals surface area contributed by atoms with Crippen molar-refractivity contribution in [1.29, 1.82) is 0 Å². The molecule has 1 rings (SSSR count). The molecule has 0 radical (unpaired) electrons. The maximum absolute atomic E-state index is 11.6. The highest BCUT2D eigenvalue weighted by Crippen LogP contribution is 2.15. The molecule has 0 spiro atoms. The van der Waals surface area contributed by atoms with Crippen LogP contribution in [-0.4, -0.2) is 13.0 Å². The molecule has 1 heterocycles. The molecule has 1 N–H and O–H groups in total. The van der Waals surface area contributed by atoms with Crippen molar-refractivity contribution in [3.63, 3.8) is 0 Å². The molecule has 0 saturated heterocycles. The normalized spacial score (nSPS) is 11.0. The summed E-state index contributed by atoms with van der Waals surface area (Å²) in [5.41, 5.74) is 0.692. The van der Waals surface area contributed by atoms with Gasteiger partial charge in [0, 0.05) is 12.1 Å². The van der Waals surface area contributed by atoms with Gasteiger partial charge in [-0.05, 0) is 17.7 Å². The molecule has 0 aliphatic carbocycles. The molecular weight excluding hydrogens is 188 g/mol. The zero-order valence-electron chi connectivity index (χ0n) is 6.19. The van der Waals surface area contributed by atoms with Crippen LogP contribution >= 0.6 is 11.6 Å². The minimum Gasteiger partial charge on any atom is -0.453 e. The van der Waals surface area contributed by atoms with Crippen LogP contribution in [0.5, 0.6) is 0 Å². The van der Waals surface area contributed by atoms with E-state index in [1.807, 2.05) is 0 Å². The van der Waals surface area contributed by atoms with Crippen LogP contribution in [-0.2, 0) is 6.54 Å². The van der Waals surface area contributed by atoms with Gasteiger partial charge in [-0.1, -0.05) is 0 Å². The molecule has 1 aromatic heterocycles. The van der Waals surface area contributed by atoms with Crippen molar-refractivity contribution in [1.82, 2.24) is 5.32 Å². The molecule has 0 atom stereocenters. The summed E-state index contributed by atoms with van der Waals surface area (Å²) in [7, 11) is 0. The summed E-state index contributed by atoms with van der Waals surface area (Å²) in [5.74, 6) is 0. The van der Waals surface area contributed by atoms with Crippen molar-refractivity contribution >= 4 is 11.6 Å². The average molecular weight is 196 g/mol. The smallest absolute Gasteiger partial charge is 0.250 e. The molecule has 0 bridgehead atoms. The van der Waals surface area contributed by atoms with Crippen LogP contribution in [0.15, 0.2) is 16.7 Å². The van der Waals surface area contributed by atoms with Gasteiger partial charge in [-0.25, -0.2) is 8.78 Å². The van der Waals surface area contributed by atoms with Crippen molar-refractivity contribution in [2.24, 2.45) is 0 Å². The molecule has 1 aromatic rings.